The molecule has 0 aliphatic heterocycles. The van der Waals surface area contributed by atoms with Crippen molar-refractivity contribution in [1.82, 2.24) is 0 Å². The first-order valence-corrected chi connectivity index (χ1v) is 16.9. The highest BCUT2D eigenvalue weighted by Crippen LogP contribution is 2.68. The number of rotatable bonds is 9. The molecule has 5 rings (SSSR count). The lowest BCUT2D eigenvalue weighted by Crippen LogP contribution is -2.39. The topological polar surface area (TPSA) is 26.0 Å². The smallest absolute Gasteiger partial charge is 0.00390 e. The van der Waals surface area contributed by atoms with Gasteiger partial charge in [-0.2, -0.15) is 0 Å². The molecule has 202 valence electrons. The van der Waals surface area contributed by atoms with Crippen molar-refractivity contribution in [1.29, 1.82) is 0 Å². The Kier molecular flexibility index (Phi) is 9.27. The second-order valence-corrected chi connectivity index (χ2v) is 14.6. The van der Waals surface area contributed by atoms with Gasteiger partial charge in [0, 0.05) is 6.04 Å². The molecule has 0 aromatic carbocycles. The number of unbranched alkanes of at least 4 members (excludes halogenated alkanes) is 2. The summed E-state index contributed by atoms with van der Waals surface area (Å²) in [5, 5.41) is 0. The van der Waals surface area contributed by atoms with Gasteiger partial charge in [0.1, 0.15) is 0 Å². The second kappa shape index (κ2) is 12.2. The maximum Gasteiger partial charge on any atom is 0.00390 e. The van der Waals surface area contributed by atoms with Gasteiger partial charge in [0.05, 0.1) is 0 Å². The van der Waals surface area contributed by atoms with Crippen LogP contribution >= 0.6 is 0 Å². The van der Waals surface area contributed by atoms with E-state index in [2.05, 4.69) is 13.8 Å². The van der Waals surface area contributed by atoms with Gasteiger partial charge in [-0.3, -0.25) is 0 Å². The highest BCUT2D eigenvalue weighted by molar-refractivity contribution is 5.09. The van der Waals surface area contributed by atoms with Crippen LogP contribution in [-0.4, -0.2) is 6.04 Å². The van der Waals surface area contributed by atoms with Gasteiger partial charge >= 0.3 is 0 Å². The van der Waals surface area contributed by atoms with Crippen molar-refractivity contribution in [3.63, 3.8) is 0 Å². The molecule has 5 saturated carbocycles. The van der Waals surface area contributed by atoms with E-state index in [4.69, 9.17) is 5.73 Å². The Morgan fingerprint density at radius 2 is 1.20 bits per heavy atom. The van der Waals surface area contributed by atoms with Crippen LogP contribution in [0.4, 0.5) is 0 Å². The second-order valence-electron chi connectivity index (χ2n) is 14.6. The molecule has 6 atom stereocenters. The van der Waals surface area contributed by atoms with Crippen molar-refractivity contribution in [2.24, 2.45) is 58.5 Å². The van der Waals surface area contributed by atoms with Crippen LogP contribution in [0.2, 0.25) is 0 Å². The van der Waals surface area contributed by atoms with Crippen LogP contribution in [0, 0.1) is 52.8 Å². The lowest BCUT2D eigenvalue weighted by molar-refractivity contribution is 0.0177. The van der Waals surface area contributed by atoms with Crippen molar-refractivity contribution in [3.05, 3.63) is 0 Å². The minimum Gasteiger partial charge on any atom is -0.328 e. The van der Waals surface area contributed by atoms with Gasteiger partial charge in [-0.1, -0.05) is 78.1 Å². The fourth-order valence-corrected chi connectivity index (χ4v) is 11.2. The maximum absolute atomic E-state index is 6.26. The molecular formula is C34H61N. The molecule has 1 heteroatoms. The lowest BCUT2D eigenvalue weighted by Gasteiger charge is -2.48. The quantitative estimate of drug-likeness (QED) is 0.347. The van der Waals surface area contributed by atoms with Gasteiger partial charge in [-0.25, -0.2) is 0 Å². The molecule has 35 heavy (non-hydrogen) atoms. The molecule has 2 N–H and O–H groups in total. The molecular weight excluding hydrogens is 422 g/mol. The first kappa shape index (κ1) is 26.6. The van der Waals surface area contributed by atoms with E-state index < -0.39 is 0 Å². The standard InChI is InChI=1S/C34H61N/c1-3-5-20-34(21-6-4-2)32-23-26(22-25-12-16-29(35)17-13-25)14-18-30(32)31-19-15-28(24-33(31)34)27-10-8-7-9-11-27/h25-33H,3-24,35H2,1-2H3/t25?,26-,28-,29?,30?,31-,32+,33?/m1/s1. The molecule has 0 aromatic heterocycles. The van der Waals surface area contributed by atoms with E-state index in [0.717, 1.165) is 47.3 Å². The van der Waals surface area contributed by atoms with Crippen molar-refractivity contribution in [2.45, 2.75) is 161 Å². The third kappa shape index (κ3) is 5.71. The minimum atomic E-state index is 0.507. The fourth-order valence-electron chi connectivity index (χ4n) is 11.2. The van der Waals surface area contributed by atoms with E-state index >= 15 is 0 Å². The number of fused-ring (bicyclic) bond motifs is 3. The van der Waals surface area contributed by atoms with E-state index in [1.54, 1.807) is 70.6 Å². The molecule has 0 bridgehead atoms. The van der Waals surface area contributed by atoms with Crippen molar-refractivity contribution in [2.75, 3.05) is 0 Å². The van der Waals surface area contributed by atoms with Crippen LogP contribution < -0.4 is 5.73 Å². The molecule has 5 aliphatic rings. The van der Waals surface area contributed by atoms with E-state index in [9.17, 15) is 0 Å². The zero-order valence-corrected chi connectivity index (χ0v) is 23.8. The molecule has 0 heterocycles. The van der Waals surface area contributed by atoms with Gasteiger partial charge in [-0.15, -0.1) is 0 Å². The summed E-state index contributed by atoms with van der Waals surface area (Å²) in [6, 6.07) is 0.507. The summed E-state index contributed by atoms with van der Waals surface area (Å²) in [5.41, 5.74) is 6.97. The summed E-state index contributed by atoms with van der Waals surface area (Å²) in [7, 11) is 0. The van der Waals surface area contributed by atoms with Gasteiger partial charge < -0.3 is 5.73 Å². The van der Waals surface area contributed by atoms with Crippen LogP contribution in [0.15, 0.2) is 0 Å². The number of hydrogen-bond acceptors (Lipinski definition) is 1. The van der Waals surface area contributed by atoms with Crippen LogP contribution in [0.25, 0.3) is 0 Å². The first-order valence-electron chi connectivity index (χ1n) is 16.9. The van der Waals surface area contributed by atoms with Gasteiger partial charge in [0.2, 0.25) is 0 Å². The largest absolute Gasteiger partial charge is 0.328 e. The van der Waals surface area contributed by atoms with E-state index in [1.807, 2.05) is 0 Å². The monoisotopic (exact) mass is 483 g/mol. The highest BCUT2D eigenvalue weighted by atomic mass is 14.7. The van der Waals surface area contributed by atoms with Gasteiger partial charge in [0.25, 0.3) is 0 Å². The number of hydrogen-bond donors (Lipinski definition) is 1. The predicted molar refractivity (Wildman–Crippen MR) is 151 cm³/mol. The molecule has 0 radical (unpaired) electrons. The third-order valence-electron chi connectivity index (χ3n) is 12.8. The van der Waals surface area contributed by atoms with E-state index in [1.165, 1.54) is 70.6 Å². The maximum atomic E-state index is 6.26. The summed E-state index contributed by atoms with van der Waals surface area (Å²) >= 11 is 0. The Bertz CT molecular complexity index is 619. The fraction of sp³-hybridized carbons (Fsp3) is 1.00. The van der Waals surface area contributed by atoms with Crippen LogP contribution in [0.5, 0.6) is 0 Å². The molecule has 5 fully saturated rings. The Labute approximate surface area is 219 Å². The van der Waals surface area contributed by atoms with E-state index in [0.29, 0.717) is 11.5 Å². The summed E-state index contributed by atoms with van der Waals surface area (Å²) in [6.07, 6.45) is 33.3. The Morgan fingerprint density at radius 1 is 0.600 bits per heavy atom. The lowest BCUT2D eigenvalue weighted by atomic mass is 9.57. The van der Waals surface area contributed by atoms with Crippen LogP contribution in [0.1, 0.15) is 155 Å². The van der Waals surface area contributed by atoms with Crippen molar-refractivity contribution in [3.8, 4) is 0 Å². The average Bonchev–Trinajstić information content (AvgIpc) is 3.16. The molecule has 5 aliphatic carbocycles. The summed E-state index contributed by atoms with van der Waals surface area (Å²) in [4.78, 5) is 0. The van der Waals surface area contributed by atoms with Crippen molar-refractivity contribution >= 4 is 0 Å². The number of nitrogens with two attached hydrogens (primary N) is 1. The van der Waals surface area contributed by atoms with Crippen LogP contribution in [-0.2, 0) is 0 Å². The van der Waals surface area contributed by atoms with Gasteiger partial charge in [-0.05, 0) is 130 Å². The molecule has 0 aromatic rings. The van der Waals surface area contributed by atoms with Gasteiger partial charge in [0.15, 0.2) is 0 Å². The zero-order chi connectivity index (χ0) is 24.3. The Balaban J connectivity index is 1.35. The molecule has 0 spiro atoms. The minimum absolute atomic E-state index is 0.507. The van der Waals surface area contributed by atoms with Crippen molar-refractivity contribution < 1.29 is 0 Å². The average molecular weight is 484 g/mol. The predicted octanol–water partition coefficient (Wildman–Crippen LogP) is 9.92. The highest BCUT2D eigenvalue weighted by Gasteiger charge is 2.60. The molecule has 2 unspecified atom stereocenters. The SMILES string of the molecule is CCCCC1(CCCC)C2C[C@H](C3CCCCC3)CC[C@@H]2C2CC[C@H](CC3CCC(N)CC3)C[C@@H]21. The zero-order valence-electron chi connectivity index (χ0n) is 23.8. The molecule has 0 saturated heterocycles. The molecule has 1 nitrogen and oxygen atoms in total. The normalized spacial score (nSPS) is 41.9. The van der Waals surface area contributed by atoms with Crippen LogP contribution in [0.3, 0.4) is 0 Å². The van der Waals surface area contributed by atoms with E-state index in [-0.39, 0.29) is 0 Å². The summed E-state index contributed by atoms with van der Waals surface area (Å²) < 4.78 is 0. The third-order valence-corrected chi connectivity index (χ3v) is 12.8. The summed E-state index contributed by atoms with van der Waals surface area (Å²) in [6.45, 7) is 4.92. The molecule has 0 amide bonds. The Morgan fingerprint density at radius 3 is 1.86 bits per heavy atom. The Hall–Kier alpha value is -0.0400. The first-order chi connectivity index (χ1) is 17.1. The summed E-state index contributed by atoms with van der Waals surface area (Å²) in [5.74, 6) is 8.56.